The minimum atomic E-state index is -0.288. The Morgan fingerprint density at radius 2 is 2.04 bits per heavy atom. The predicted molar refractivity (Wildman–Crippen MR) is 90.0 cm³/mol. The summed E-state index contributed by atoms with van der Waals surface area (Å²) in [4.78, 5) is 12.4. The first-order valence-corrected chi connectivity index (χ1v) is 7.36. The van der Waals surface area contributed by atoms with Crippen LogP contribution >= 0.6 is 11.6 Å². The molecule has 0 aliphatic rings. The first-order chi connectivity index (χ1) is 11.1. The van der Waals surface area contributed by atoms with Gasteiger partial charge in [0.05, 0.1) is 18.0 Å². The highest BCUT2D eigenvalue weighted by atomic mass is 35.5. The number of methoxy groups -OCH3 is 1. The summed E-state index contributed by atoms with van der Waals surface area (Å²) in [6.45, 7) is 0.479. The highest BCUT2D eigenvalue weighted by Gasteiger charge is 2.13. The van der Waals surface area contributed by atoms with Crippen molar-refractivity contribution in [2.24, 2.45) is 0 Å². The molecular weight excluding hydrogens is 312 g/mol. The van der Waals surface area contributed by atoms with E-state index >= 15 is 0 Å². The monoisotopic (exact) mass is 324 g/mol. The number of hydrogen-bond donors (Lipinski definition) is 0. The minimum Gasteiger partial charge on any atom is -0.495 e. The fraction of sp³-hybridized carbons (Fsp3) is 0.111. The van der Waals surface area contributed by atoms with Crippen molar-refractivity contribution in [2.75, 3.05) is 7.11 Å². The van der Waals surface area contributed by atoms with Gasteiger partial charge in [0.15, 0.2) is 0 Å². The molecule has 0 aliphatic carbocycles. The van der Waals surface area contributed by atoms with E-state index < -0.39 is 0 Å². The van der Waals surface area contributed by atoms with E-state index in [1.807, 2.05) is 28.8 Å². The number of benzene rings is 2. The Kier molecular flexibility index (Phi) is 4.05. The smallest absolute Gasteiger partial charge is 0.207 e. The first kappa shape index (κ1) is 15.1. The van der Waals surface area contributed by atoms with Gasteiger partial charge in [-0.1, -0.05) is 29.8 Å². The van der Waals surface area contributed by atoms with Crippen molar-refractivity contribution in [1.82, 2.24) is 4.57 Å². The topological polar surface area (TPSA) is 55.0 Å². The third kappa shape index (κ3) is 2.79. The summed E-state index contributed by atoms with van der Waals surface area (Å²) >= 11 is 6.04. The summed E-state index contributed by atoms with van der Waals surface area (Å²) in [6, 6.07) is 14.7. The van der Waals surface area contributed by atoms with Crippen LogP contribution in [0.5, 0.6) is 5.75 Å². The molecule has 0 unspecified atom stereocenters. The Balaban J connectivity index is 2.28. The normalized spacial score (nSPS) is 10.5. The Hall–Kier alpha value is -2.77. The van der Waals surface area contributed by atoms with E-state index in [-0.39, 0.29) is 11.0 Å². The van der Waals surface area contributed by atoms with Crippen molar-refractivity contribution in [1.29, 1.82) is 5.26 Å². The standard InChI is InChI=1S/C18H13ClN2O2/c1-23-16-7-3-6-15-17(16)21(11-13(9-20)18(15)22)10-12-4-2-5-14(19)8-12/h2-8,11H,10H2,1H3. The zero-order valence-corrected chi connectivity index (χ0v) is 13.2. The maximum Gasteiger partial charge on any atom is 0.207 e. The zero-order chi connectivity index (χ0) is 16.4. The van der Waals surface area contributed by atoms with Crippen LogP contribution in [-0.2, 0) is 6.54 Å². The molecule has 0 N–H and O–H groups in total. The zero-order valence-electron chi connectivity index (χ0n) is 12.4. The van der Waals surface area contributed by atoms with Crippen LogP contribution < -0.4 is 10.2 Å². The van der Waals surface area contributed by atoms with Crippen molar-refractivity contribution in [3.63, 3.8) is 0 Å². The SMILES string of the molecule is COc1cccc2c(=O)c(C#N)cn(Cc3cccc(Cl)c3)c12. The van der Waals surface area contributed by atoms with Gasteiger partial charge in [-0.15, -0.1) is 0 Å². The lowest BCUT2D eigenvalue weighted by molar-refractivity contribution is 0.417. The van der Waals surface area contributed by atoms with Crippen molar-refractivity contribution in [3.8, 4) is 11.8 Å². The van der Waals surface area contributed by atoms with Gasteiger partial charge in [-0.25, -0.2) is 0 Å². The Bertz CT molecular complexity index is 986. The van der Waals surface area contributed by atoms with Crippen LogP contribution in [0.2, 0.25) is 5.02 Å². The van der Waals surface area contributed by atoms with Gasteiger partial charge in [-0.2, -0.15) is 5.26 Å². The van der Waals surface area contributed by atoms with E-state index in [1.165, 1.54) is 0 Å². The van der Waals surface area contributed by atoms with Crippen LogP contribution in [0.25, 0.3) is 10.9 Å². The molecule has 1 aromatic heterocycles. The summed E-state index contributed by atoms with van der Waals surface area (Å²) in [6.07, 6.45) is 1.56. The summed E-state index contributed by atoms with van der Waals surface area (Å²) in [5.41, 5.74) is 1.45. The number of halogens is 1. The highest BCUT2D eigenvalue weighted by molar-refractivity contribution is 6.30. The van der Waals surface area contributed by atoms with Gasteiger partial charge in [-0.05, 0) is 29.8 Å². The molecule has 4 nitrogen and oxygen atoms in total. The van der Waals surface area contributed by atoms with Crippen LogP contribution in [0.1, 0.15) is 11.1 Å². The summed E-state index contributed by atoms with van der Waals surface area (Å²) in [5, 5.41) is 10.3. The lowest BCUT2D eigenvalue weighted by Gasteiger charge is -2.14. The number of para-hydroxylation sites is 1. The van der Waals surface area contributed by atoms with E-state index in [0.717, 1.165) is 5.56 Å². The maximum atomic E-state index is 12.4. The van der Waals surface area contributed by atoms with E-state index in [1.54, 1.807) is 37.6 Å². The molecule has 3 rings (SSSR count). The van der Waals surface area contributed by atoms with Gasteiger partial charge < -0.3 is 9.30 Å². The molecule has 0 radical (unpaired) electrons. The molecule has 0 aliphatic heterocycles. The van der Waals surface area contributed by atoms with Crippen molar-refractivity contribution >= 4 is 22.5 Å². The number of hydrogen-bond acceptors (Lipinski definition) is 3. The maximum absolute atomic E-state index is 12.4. The number of ether oxygens (including phenoxy) is 1. The number of fused-ring (bicyclic) bond motifs is 1. The molecule has 3 aromatic rings. The summed E-state index contributed by atoms with van der Waals surface area (Å²) < 4.78 is 7.24. The van der Waals surface area contributed by atoms with Gasteiger partial charge >= 0.3 is 0 Å². The molecule has 0 amide bonds. The third-order valence-electron chi connectivity index (χ3n) is 3.64. The van der Waals surface area contributed by atoms with E-state index in [9.17, 15) is 10.1 Å². The fourth-order valence-corrected chi connectivity index (χ4v) is 2.84. The second-order valence-corrected chi connectivity index (χ2v) is 5.53. The molecule has 0 fully saturated rings. The molecule has 114 valence electrons. The number of pyridine rings is 1. The second kappa shape index (κ2) is 6.15. The molecule has 2 aromatic carbocycles. The van der Waals surface area contributed by atoms with E-state index in [2.05, 4.69) is 0 Å². The minimum absolute atomic E-state index is 0.104. The molecular formula is C18H13ClN2O2. The predicted octanol–water partition coefficient (Wildman–Crippen LogP) is 3.58. The van der Waals surface area contributed by atoms with Gasteiger partial charge in [-0.3, -0.25) is 4.79 Å². The molecule has 0 saturated carbocycles. The average Bonchev–Trinajstić information content (AvgIpc) is 2.56. The lowest BCUT2D eigenvalue weighted by atomic mass is 10.1. The number of nitrogens with zero attached hydrogens (tertiary/aromatic N) is 2. The lowest BCUT2D eigenvalue weighted by Crippen LogP contribution is -2.14. The van der Waals surface area contributed by atoms with Crippen molar-refractivity contribution in [2.45, 2.75) is 6.54 Å². The van der Waals surface area contributed by atoms with Crippen molar-refractivity contribution in [3.05, 3.63) is 75.0 Å². The number of rotatable bonds is 3. The molecule has 0 atom stereocenters. The molecule has 0 bridgehead atoms. The van der Waals surface area contributed by atoms with Crippen LogP contribution in [0.4, 0.5) is 0 Å². The summed E-state index contributed by atoms with van der Waals surface area (Å²) in [7, 11) is 1.56. The Labute approximate surface area is 138 Å². The van der Waals surface area contributed by atoms with E-state index in [4.69, 9.17) is 16.3 Å². The Morgan fingerprint density at radius 1 is 1.26 bits per heavy atom. The highest BCUT2D eigenvalue weighted by Crippen LogP contribution is 2.25. The average molecular weight is 325 g/mol. The van der Waals surface area contributed by atoms with Crippen LogP contribution in [0.3, 0.4) is 0 Å². The first-order valence-electron chi connectivity index (χ1n) is 6.98. The molecule has 0 spiro atoms. The molecule has 1 heterocycles. The number of aromatic nitrogens is 1. The van der Waals surface area contributed by atoms with Crippen LogP contribution in [0.15, 0.2) is 53.5 Å². The molecule has 23 heavy (non-hydrogen) atoms. The second-order valence-electron chi connectivity index (χ2n) is 5.10. The van der Waals surface area contributed by atoms with Gasteiger partial charge in [0, 0.05) is 17.8 Å². The van der Waals surface area contributed by atoms with E-state index in [0.29, 0.717) is 28.2 Å². The summed E-state index contributed by atoms with van der Waals surface area (Å²) in [5.74, 6) is 0.589. The fourth-order valence-electron chi connectivity index (χ4n) is 2.63. The molecule has 5 heteroatoms. The largest absolute Gasteiger partial charge is 0.495 e. The van der Waals surface area contributed by atoms with Gasteiger partial charge in [0.2, 0.25) is 5.43 Å². The van der Waals surface area contributed by atoms with Gasteiger partial charge in [0.1, 0.15) is 17.4 Å². The molecule has 0 saturated heterocycles. The van der Waals surface area contributed by atoms with Gasteiger partial charge in [0.25, 0.3) is 0 Å². The van der Waals surface area contributed by atoms with Crippen molar-refractivity contribution < 1.29 is 4.74 Å². The Morgan fingerprint density at radius 3 is 2.74 bits per heavy atom. The third-order valence-corrected chi connectivity index (χ3v) is 3.88. The van der Waals surface area contributed by atoms with Crippen LogP contribution in [-0.4, -0.2) is 11.7 Å². The van der Waals surface area contributed by atoms with Crippen LogP contribution in [0, 0.1) is 11.3 Å². The quantitative estimate of drug-likeness (QED) is 0.740. The number of nitriles is 1.